The van der Waals surface area contributed by atoms with Gasteiger partial charge in [-0.3, -0.25) is 0 Å². The second-order valence-corrected chi connectivity index (χ2v) is 8.74. The van der Waals surface area contributed by atoms with Crippen molar-refractivity contribution < 1.29 is 22.7 Å². The summed E-state index contributed by atoms with van der Waals surface area (Å²) in [7, 11) is 0. The molecule has 6 heteroatoms. The van der Waals surface area contributed by atoms with Crippen molar-refractivity contribution in [2.24, 2.45) is 5.92 Å². The van der Waals surface area contributed by atoms with Crippen molar-refractivity contribution in [1.29, 1.82) is 0 Å². The molecule has 0 spiro atoms. The van der Waals surface area contributed by atoms with Gasteiger partial charge in [-0.05, 0) is 0 Å². The summed E-state index contributed by atoms with van der Waals surface area (Å²) >= 11 is 0.00360. The zero-order valence-corrected chi connectivity index (χ0v) is 17.1. The number of alkyl halides is 3. The molecule has 0 aromatic heterocycles. The normalized spacial score (nSPS) is 16.7. The quantitative estimate of drug-likeness (QED) is 0.253. The van der Waals surface area contributed by atoms with Crippen LogP contribution in [0.5, 0.6) is 0 Å². The molecule has 148 valence electrons. The standard InChI is InChI=1S/C21H25F3O2Se/c1-2-26-20(25)13-8-17(14-16-6-4-3-5-7-16)15-27-19-11-9-18(10-12-19)21(22,23)24/h8-14,16H,2-7,15H2,1H3/b13-8-,17-14-. The van der Waals surface area contributed by atoms with Gasteiger partial charge in [0.15, 0.2) is 0 Å². The molecule has 1 saturated carbocycles. The van der Waals surface area contributed by atoms with Crippen molar-refractivity contribution in [3.05, 3.63) is 53.6 Å². The van der Waals surface area contributed by atoms with Crippen LogP contribution < -0.4 is 4.46 Å². The monoisotopic (exact) mass is 446 g/mol. The van der Waals surface area contributed by atoms with E-state index in [0.717, 1.165) is 40.3 Å². The molecule has 0 atom stereocenters. The Hall–Kier alpha value is -1.52. The summed E-state index contributed by atoms with van der Waals surface area (Å²) in [6, 6.07) is 5.37. The van der Waals surface area contributed by atoms with E-state index in [-0.39, 0.29) is 20.9 Å². The number of rotatable bonds is 7. The van der Waals surface area contributed by atoms with Gasteiger partial charge in [0.25, 0.3) is 0 Å². The van der Waals surface area contributed by atoms with Gasteiger partial charge in [-0.25, -0.2) is 0 Å². The molecule has 1 aromatic rings. The molecule has 1 aliphatic rings. The van der Waals surface area contributed by atoms with Crippen molar-refractivity contribution >= 4 is 25.4 Å². The number of carbonyl (C=O) groups is 1. The Labute approximate surface area is 165 Å². The Bertz CT molecular complexity index is 657. The molecular formula is C21H25F3O2Se. The molecule has 2 rings (SSSR count). The van der Waals surface area contributed by atoms with E-state index in [1.54, 1.807) is 25.1 Å². The van der Waals surface area contributed by atoms with Crippen LogP contribution in [0.4, 0.5) is 13.2 Å². The summed E-state index contributed by atoms with van der Waals surface area (Å²) in [5, 5.41) is 0.741. The molecule has 1 aliphatic carbocycles. The molecule has 0 amide bonds. The molecule has 0 unspecified atom stereocenters. The second kappa shape index (κ2) is 10.7. The van der Waals surface area contributed by atoms with Crippen molar-refractivity contribution in [3.63, 3.8) is 0 Å². The zero-order chi connectivity index (χ0) is 19.7. The number of halogens is 3. The summed E-state index contributed by atoms with van der Waals surface area (Å²) in [5.41, 5.74) is 0.442. The fraction of sp³-hybridized carbons (Fsp3) is 0.476. The number of allylic oxidation sites excluding steroid dienone is 3. The van der Waals surface area contributed by atoms with E-state index >= 15 is 0 Å². The van der Waals surface area contributed by atoms with E-state index in [2.05, 4.69) is 6.08 Å². The average molecular weight is 445 g/mol. The van der Waals surface area contributed by atoms with Crippen LogP contribution in [0.1, 0.15) is 44.6 Å². The first-order valence-corrected chi connectivity index (χ1v) is 11.3. The predicted molar refractivity (Wildman–Crippen MR) is 102 cm³/mol. The summed E-state index contributed by atoms with van der Waals surface area (Å²) < 4.78 is 43.9. The van der Waals surface area contributed by atoms with Gasteiger partial charge < -0.3 is 0 Å². The molecule has 2 nitrogen and oxygen atoms in total. The Morgan fingerprint density at radius 3 is 2.41 bits per heavy atom. The van der Waals surface area contributed by atoms with Gasteiger partial charge in [0, 0.05) is 0 Å². The molecule has 0 aliphatic heterocycles. The first-order valence-electron chi connectivity index (χ1n) is 9.24. The van der Waals surface area contributed by atoms with Crippen molar-refractivity contribution in [2.75, 3.05) is 6.61 Å². The van der Waals surface area contributed by atoms with Gasteiger partial charge in [-0.2, -0.15) is 0 Å². The Morgan fingerprint density at radius 1 is 1.15 bits per heavy atom. The molecule has 0 heterocycles. The topological polar surface area (TPSA) is 26.3 Å². The number of hydrogen-bond donors (Lipinski definition) is 0. The van der Waals surface area contributed by atoms with Gasteiger partial charge in [-0.15, -0.1) is 0 Å². The Morgan fingerprint density at radius 2 is 1.81 bits per heavy atom. The third kappa shape index (κ3) is 7.94. The SMILES string of the molecule is CCOC(=O)/C=C\C(=C\C1CCCCC1)C[Se]c1ccc(C(F)(F)F)cc1. The maximum atomic E-state index is 12.7. The van der Waals surface area contributed by atoms with Crippen LogP contribution in [0, 0.1) is 5.92 Å². The minimum atomic E-state index is -4.31. The van der Waals surface area contributed by atoms with Gasteiger partial charge in [0.05, 0.1) is 0 Å². The third-order valence-electron chi connectivity index (χ3n) is 4.41. The maximum absolute atomic E-state index is 12.7. The number of esters is 1. The first kappa shape index (κ1) is 21.8. The molecular weight excluding hydrogens is 420 g/mol. The molecule has 1 fully saturated rings. The fourth-order valence-electron chi connectivity index (χ4n) is 3.03. The predicted octanol–water partition coefficient (Wildman–Crippen LogP) is 5.08. The molecule has 1 aromatic carbocycles. The van der Waals surface area contributed by atoms with Crippen LogP contribution in [-0.4, -0.2) is 27.5 Å². The average Bonchev–Trinajstić information content (AvgIpc) is 2.64. The number of carbonyl (C=O) groups excluding carboxylic acids is 1. The van der Waals surface area contributed by atoms with Crippen LogP contribution in [0.3, 0.4) is 0 Å². The molecule has 0 bridgehead atoms. The van der Waals surface area contributed by atoms with E-state index in [9.17, 15) is 18.0 Å². The van der Waals surface area contributed by atoms with E-state index in [1.165, 1.54) is 25.3 Å². The third-order valence-corrected chi connectivity index (χ3v) is 6.68. The Kier molecular flexibility index (Phi) is 8.65. The van der Waals surface area contributed by atoms with Crippen LogP contribution >= 0.6 is 0 Å². The van der Waals surface area contributed by atoms with Crippen LogP contribution in [0.15, 0.2) is 48.1 Å². The van der Waals surface area contributed by atoms with Crippen molar-refractivity contribution in [2.45, 2.75) is 50.5 Å². The van der Waals surface area contributed by atoms with Gasteiger partial charge in [0.2, 0.25) is 0 Å². The second-order valence-electron chi connectivity index (χ2n) is 6.54. The summed E-state index contributed by atoms with van der Waals surface area (Å²) in [4.78, 5) is 11.6. The van der Waals surface area contributed by atoms with E-state index in [1.807, 2.05) is 0 Å². The summed E-state index contributed by atoms with van der Waals surface area (Å²) in [6.45, 7) is 2.10. The molecule has 0 saturated heterocycles. The summed E-state index contributed by atoms with van der Waals surface area (Å²) in [5.74, 6) is 0.151. The number of benzene rings is 1. The van der Waals surface area contributed by atoms with E-state index < -0.39 is 11.7 Å². The number of ether oxygens (including phenoxy) is 1. The van der Waals surface area contributed by atoms with Gasteiger partial charge >= 0.3 is 165 Å². The minimum absolute atomic E-state index is 0.00360. The van der Waals surface area contributed by atoms with Gasteiger partial charge in [-0.1, -0.05) is 0 Å². The summed E-state index contributed by atoms with van der Waals surface area (Å²) in [6.07, 6.45) is 7.21. The van der Waals surface area contributed by atoms with Gasteiger partial charge in [0.1, 0.15) is 0 Å². The van der Waals surface area contributed by atoms with Crippen LogP contribution in [0.2, 0.25) is 5.32 Å². The van der Waals surface area contributed by atoms with Crippen LogP contribution in [0.25, 0.3) is 0 Å². The van der Waals surface area contributed by atoms with E-state index in [4.69, 9.17) is 4.74 Å². The first-order chi connectivity index (χ1) is 12.9. The van der Waals surface area contributed by atoms with Crippen molar-refractivity contribution in [1.82, 2.24) is 0 Å². The zero-order valence-electron chi connectivity index (χ0n) is 15.4. The van der Waals surface area contributed by atoms with Crippen LogP contribution in [-0.2, 0) is 15.7 Å². The molecule has 0 radical (unpaired) electrons. The number of hydrogen-bond acceptors (Lipinski definition) is 2. The van der Waals surface area contributed by atoms with E-state index in [0.29, 0.717) is 12.5 Å². The van der Waals surface area contributed by atoms with Crippen molar-refractivity contribution in [3.8, 4) is 0 Å². The Balaban J connectivity index is 2.04. The molecule has 0 N–H and O–H groups in total. The molecule has 27 heavy (non-hydrogen) atoms. The fourth-order valence-corrected chi connectivity index (χ4v) is 4.82.